The van der Waals surface area contributed by atoms with E-state index < -0.39 is 0 Å². The van der Waals surface area contributed by atoms with Gasteiger partial charge < -0.3 is 0 Å². The number of hydrogen-bond acceptors (Lipinski definition) is 2. The summed E-state index contributed by atoms with van der Waals surface area (Å²) in [7, 11) is 0. The normalized spacial score (nSPS) is 19.7. The van der Waals surface area contributed by atoms with Gasteiger partial charge in [-0.1, -0.05) is 86.2 Å². The van der Waals surface area contributed by atoms with Gasteiger partial charge in [-0.05, 0) is 35.2 Å². The number of allylic oxidation sites excluding steroid dienone is 5. The Bertz CT molecular complexity index is 1170. The molecule has 28 heavy (non-hydrogen) atoms. The van der Waals surface area contributed by atoms with Crippen molar-refractivity contribution in [3.63, 3.8) is 0 Å². The van der Waals surface area contributed by atoms with Gasteiger partial charge in [0.25, 0.3) is 0 Å². The minimum Gasteiger partial charge on any atom is -0.218 e. The smallest absolute Gasteiger partial charge is 0.218 e. The molecular weight excluding hydrogens is 364 g/mol. The minimum absolute atomic E-state index is 0.101. The van der Waals surface area contributed by atoms with E-state index in [2.05, 4.69) is 78.5 Å². The standard InChI is InChI=1S/C25H21ClN2/c1-25(2)19(16-9-5-3-6-10-16)15-18-13-14-20-21(22(18)25)23(28-24(26)27-20)17-11-7-4-8-12-17/h3-9,11-16H,10H2,1-2H3. The lowest BCUT2D eigenvalue weighted by Gasteiger charge is -2.31. The Morgan fingerprint density at radius 3 is 2.57 bits per heavy atom. The SMILES string of the molecule is CC1(C)C(C2C=CC=CC2)=Cc2ccc3nc(Cl)nc(-c4ccccc4)c3c21. The van der Waals surface area contributed by atoms with Crippen LogP contribution in [0.1, 0.15) is 31.4 Å². The van der Waals surface area contributed by atoms with Gasteiger partial charge >= 0.3 is 0 Å². The highest BCUT2D eigenvalue weighted by atomic mass is 35.5. The number of benzene rings is 2. The molecule has 138 valence electrons. The van der Waals surface area contributed by atoms with E-state index in [9.17, 15) is 0 Å². The van der Waals surface area contributed by atoms with Crippen molar-refractivity contribution in [2.75, 3.05) is 0 Å². The predicted octanol–water partition coefficient (Wildman–Crippen LogP) is 6.76. The molecule has 1 aromatic heterocycles. The van der Waals surface area contributed by atoms with E-state index in [-0.39, 0.29) is 10.7 Å². The summed E-state index contributed by atoms with van der Waals surface area (Å²) in [5.41, 5.74) is 6.79. The molecule has 2 nitrogen and oxygen atoms in total. The van der Waals surface area contributed by atoms with Crippen molar-refractivity contribution in [1.29, 1.82) is 0 Å². The lowest BCUT2D eigenvalue weighted by Crippen LogP contribution is -2.23. The Balaban J connectivity index is 1.77. The summed E-state index contributed by atoms with van der Waals surface area (Å²) in [4.78, 5) is 9.21. The van der Waals surface area contributed by atoms with Crippen LogP contribution in [0.5, 0.6) is 0 Å². The Morgan fingerprint density at radius 2 is 1.82 bits per heavy atom. The van der Waals surface area contributed by atoms with Crippen LogP contribution < -0.4 is 0 Å². The number of halogens is 1. The molecule has 1 atom stereocenters. The molecule has 3 heteroatoms. The topological polar surface area (TPSA) is 25.8 Å². The lowest BCUT2D eigenvalue weighted by atomic mass is 9.73. The molecule has 2 aromatic carbocycles. The summed E-state index contributed by atoms with van der Waals surface area (Å²) < 4.78 is 0. The summed E-state index contributed by atoms with van der Waals surface area (Å²) in [6.07, 6.45) is 12.3. The van der Waals surface area contributed by atoms with Crippen molar-refractivity contribution in [2.24, 2.45) is 5.92 Å². The van der Waals surface area contributed by atoms with Crippen LogP contribution in [0.2, 0.25) is 5.28 Å². The van der Waals surface area contributed by atoms with Crippen molar-refractivity contribution < 1.29 is 0 Å². The minimum atomic E-state index is -0.101. The second kappa shape index (κ2) is 6.42. The Kier molecular flexibility index (Phi) is 3.99. The van der Waals surface area contributed by atoms with Gasteiger partial charge in [-0.2, -0.15) is 0 Å². The molecule has 0 radical (unpaired) electrons. The first kappa shape index (κ1) is 17.4. The zero-order valence-electron chi connectivity index (χ0n) is 16.0. The molecule has 0 amide bonds. The number of fused-ring (bicyclic) bond motifs is 3. The molecule has 1 unspecified atom stereocenters. The molecule has 0 fully saturated rings. The van der Waals surface area contributed by atoms with Gasteiger partial charge in [0.05, 0.1) is 11.2 Å². The van der Waals surface area contributed by atoms with Crippen molar-refractivity contribution in [3.8, 4) is 11.3 Å². The van der Waals surface area contributed by atoms with Crippen LogP contribution in [-0.2, 0) is 5.41 Å². The van der Waals surface area contributed by atoms with E-state index in [1.165, 1.54) is 16.7 Å². The van der Waals surface area contributed by atoms with E-state index in [0.717, 1.165) is 28.6 Å². The Hall–Kier alpha value is -2.71. The molecule has 0 bridgehead atoms. The summed E-state index contributed by atoms with van der Waals surface area (Å²) >= 11 is 6.29. The van der Waals surface area contributed by atoms with E-state index in [4.69, 9.17) is 11.6 Å². The van der Waals surface area contributed by atoms with E-state index in [1.54, 1.807) is 0 Å². The van der Waals surface area contributed by atoms with Crippen LogP contribution in [0.25, 0.3) is 28.2 Å². The molecule has 2 aliphatic rings. The highest BCUT2D eigenvalue weighted by molar-refractivity contribution is 6.29. The zero-order valence-corrected chi connectivity index (χ0v) is 16.7. The molecule has 2 aliphatic carbocycles. The average molecular weight is 385 g/mol. The molecule has 0 aliphatic heterocycles. The summed E-state index contributed by atoms with van der Waals surface area (Å²) in [5.74, 6) is 0.427. The maximum absolute atomic E-state index is 6.29. The van der Waals surface area contributed by atoms with Crippen LogP contribution in [0, 0.1) is 5.92 Å². The van der Waals surface area contributed by atoms with E-state index >= 15 is 0 Å². The molecule has 5 rings (SSSR count). The van der Waals surface area contributed by atoms with Gasteiger partial charge in [0.1, 0.15) is 0 Å². The highest BCUT2D eigenvalue weighted by Crippen LogP contribution is 2.50. The number of hydrogen-bond donors (Lipinski definition) is 0. The zero-order chi connectivity index (χ0) is 19.3. The van der Waals surface area contributed by atoms with Crippen LogP contribution in [0.4, 0.5) is 0 Å². The van der Waals surface area contributed by atoms with Crippen LogP contribution in [0.3, 0.4) is 0 Å². The molecule has 1 heterocycles. The first-order valence-electron chi connectivity index (χ1n) is 9.67. The number of aromatic nitrogens is 2. The highest BCUT2D eigenvalue weighted by Gasteiger charge is 2.38. The van der Waals surface area contributed by atoms with Gasteiger partial charge in [0, 0.05) is 22.3 Å². The van der Waals surface area contributed by atoms with Gasteiger partial charge in [-0.15, -0.1) is 0 Å². The predicted molar refractivity (Wildman–Crippen MR) is 117 cm³/mol. The van der Waals surface area contributed by atoms with Crippen LogP contribution in [-0.4, -0.2) is 9.97 Å². The van der Waals surface area contributed by atoms with Gasteiger partial charge in [-0.25, -0.2) is 9.97 Å². The average Bonchev–Trinajstić information content (AvgIpc) is 2.99. The lowest BCUT2D eigenvalue weighted by molar-refractivity contribution is 0.564. The fraction of sp³-hybridized carbons (Fsp3) is 0.200. The fourth-order valence-electron chi connectivity index (χ4n) is 4.69. The Labute approximate surface area is 170 Å². The van der Waals surface area contributed by atoms with E-state index in [0.29, 0.717) is 5.92 Å². The van der Waals surface area contributed by atoms with Gasteiger partial charge in [0.2, 0.25) is 5.28 Å². The monoisotopic (exact) mass is 384 g/mol. The fourth-order valence-corrected chi connectivity index (χ4v) is 4.86. The first-order valence-corrected chi connectivity index (χ1v) is 10.0. The molecule has 3 aromatic rings. The third-order valence-electron chi connectivity index (χ3n) is 5.95. The third-order valence-corrected chi connectivity index (χ3v) is 6.12. The van der Waals surface area contributed by atoms with Gasteiger partial charge in [-0.3, -0.25) is 0 Å². The van der Waals surface area contributed by atoms with Crippen LogP contribution >= 0.6 is 11.6 Å². The maximum Gasteiger partial charge on any atom is 0.223 e. The van der Waals surface area contributed by atoms with Crippen molar-refractivity contribution in [3.05, 3.63) is 88.8 Å². The second-order valence-corrected chi connectivity index (χ2v) is 8.35. The summed E-state index contributed by atoms with van der Waals surface area (Å²) in [5, 5.41) is 1.40. The molecule has 0 saturated carbocycles. The number of nitrogens with zero attached hydrogens (tertiary/aromatic N) is 2. The quantitative estimate of drug-likeness (QED) is 0.456. The van der Waals surface area contributed by atoms with E-state index in [1.807, 2.05) is 18.2 Å². The largest absolute Gasteiger partial charge is 0.223 e. The van der Waals surface area contributed by atoms with Crippen molar-refractivity contribution >= 4 is 28.6 Å². The molecule has 0 saturated heterocycles. The molecular formula is C25H21ClN2. The molecule has 0 N–H and O–H groups in total. The van der Waals surface area contributed by atoms with Crippen LogP contribution in [0.15, 0.2) is 72.3 Å². The van der Waals surface area contributed by atoms with Crippen molar-refractivity contribution in [2.45, 2.75) is 25.7 Å². The second-order valence-electron chi connectivity index (χ2n) is 8.01. The van der Waals surface area contributed by atoms with Crippen molar-refractivity contribution in [1.82, 2.24) is 9.97 Å². The summed E-state index contributed by atoms with van der Waals surface area (Å²) in [6.45, 7) is 4.64. The van der Waals surface area contributed by atoms with Gasteiger partial charge in [0.15, 0.2) is 0 Å². The first-order chi connectivity index (χ1) is 13.6. The Morgan fingerprint density at radius 1 is 1.00 bits per heavy atom. The maximum atomic E-state index is 6.29. The summed E-state index contributed by atoms with van der Waals surface area (Å²) in [6, 6.07) is 14.5. The number of rotatable bonds is 2. The third kappa shape index (κ3) is 2.63. The molecule has 0 spiro atoms.